The molecule has 1 heterocycles. The summed E-state index contributed by atoms with van der Waals surface area (Å²) in [7, 11) is -2.53. The number of hydrogen-bond acceptors (Lipinski definition) is 5. The second-order valence-corrected chi connectivity index (χ2v) is 8.49. The number of carbonyl (C=O) groups excluding carboxylic acids is 1. The van der Waals surface area contributed by atoms with E-state index < -0.39 is 22.0 Å². The van der Waals surface area contributed by atoms with Gasteiger partial charge in [-0.2, -0.15) is 0 Å². The minimum atomic E-state index is -4.04. The first kappa shape index (κ1) is 21.3. The summed E-state index contributed by atoms with van der Waals surface area (Å²) in [5.74, 6) is 0.00783. The van der Waals surface area contributed by atoms with Crippen molar-refractivity contribution in [2.75, 3.05) is 16.7 Å². The Hall–Kier alpha value is -3.39. The highest BCUT2D eigenvalue weighted by atomic mass is 32.2. The molecule has 0 radical (unpaired) electrons. The zero-order chi connectivity index (χ0) is 21.7. The molecule has 156 valence electrons. The van der Waals surface area contributed by atoms with Gasteiger partial charge in [0.15, 0.2) is 0 Å². The quantitative estimate of drug-likeness (QED) is 0.625. The number of aryl methyl sites for hydroxylation is 1. The van der Waals surface area contributed by atoms with Gasteiger partial charge in [0, 0.05) is 12.3 Å². The lowest BCUT2D eigenvalue weighted by atomic mass is 10.1. The number of aromatic nitrogens is 1. The molecule has 3 aromatic rings. The number of methoxy groups -OCH3 is 1. The molecule has 2 aromatic carbocycles. The van der Waals surface area contributed by atoms with E-state index in [-0.39, 0.29) is 4.90 Å². The van der Waals surface area contributed by atoms with E-state index in [9.17, 15) is 13.2 Å². The van der Waals surface area contributed by atoms with Crippen molar-refractivity contribution in [2.45, 2.75) is 24.8 Å². The molecular weight excluding hydrogens is 402 g/mol. The van der Waals surface area contributed by atoms with Gasteiger partial charge in [0.2, 0.25) is 5.91 Å². The smallest absolute Gasteiger partial charge is 0.265 e. The van der Waals surface area contributed by atoms with Crippen molar-refractivity contribution in [3.8, 4) is 5.75 Å². The summed E-state index contributed by atoms with van der Waals surface area (Å²) in [4.78, 5) is 17.1. The summed E-state index contributed by atoms with van der Waals surface area (Å²) in [5.41, 5.74) is 1.54. The van der Waals surface area contributed by atoms with E-state index in [0.29, 0.717) is 22.7 Å². The van der Waals surface area contributed by atoms with Gasteiger partial charge in [0.05, 0.1) is 29.6 Å². The van der Waals surface area contributed by atoms with Gasteiger partial charge in [-0.25, -0.2) is 8.42 Å². The first-order chi connectivity index (χ1) is 14.3. The van der Waals surface area contributed by atoms with Gasteiger partial charge < -0.3 is 10.1 Å². The largest absolute Gasteiger partial charge is 0.497 e. The van der Waals surface area contributed by atoms with Crippen LogP contribution in [-0.4, -0.2) is 32.5 Å². The topological polar surface area (TPSA) is 88.6 Å². The summed E-state index contributed by atoms with van der Waals surface area (Å²) in [6.45, 7) is 3.33. The molecule has 1 aromatic heterocycles. The molecule has 3 rings (SSSR count). The fraction of sp³-hybridized carbons (Fsp3) is 0.182. The average Bonchev–Trinajstić information content (AvgIpc) is 2.76. The fourth-order valence-corrected chi connectivity index (χ4v) is 4.69. The molecule has 0 spiro atoms. The van der Waals surface area contributed by atoms with Crippen LogP contribution in [0.4, 0.5) is 11.4 Å². The van der Waals surface area contributed by atoms with Gasteiger partial charge in [-0.3, -0.25) is 14.1 Å². The zero-order valence-corrected chi connectivity index (χ0v) is 17.8. The molecule has 0 aliphatic rings. The Balaban J connectivity index is 2.09. The van der Waals surface area contributed by atoms with Crippen molar-refractivity contribution in [1.82, 2.24) is 4.98 Å². The lowest BCUT2D eigenvalue weighted by Crippen LogP contribution is -2.46. The Labute approximate surface area is 176 Å². The van der Waals surface area contributed by atoms with Crippen molar-refractivity contribution in [3.63, 3.8) is 0 Å². The number of rotatable bonds is 7. The maximum atomic E-state index is 13.6. The third-order valence-electron chi connectivity index (χ3n) is 4.61. The van der Waals surface area contributed by atoms with Crippen LogP contribution in [0.15, 0.2) is 78.0 Å². The van der Waals surface area contributed by atoms with Gasteiger partial charge in [0.1, 0.15) is 11.8 Å². The van der Waals surface area contributed by atoms with Gasteiger partial charge in [-0.1, -0.05) is 24.3 Å². The summed E-state index contributed by atoms with van der Waals surface area (Å²) in [6.07, 6.45) is 3.09. The van der Waals surface area contributed by atoms with Gasteiger partial charge in [-0.05, 0) is 49.7 Å². The highest BCUT2D eigenvalue weighted by molar-refractivity contribution is 7.93. The van der Waals surface area contributed by atoms with E-state index in [2.05, 4.69) is 10.3 Å². The highest BCUT2D eigenvalue weighted by Crippen LogP contribution is 2.32. The summed E-state index contributed by atoms with van der Waals surface area (Å²) in [6, 6.07) is 15.5. The lowest BCUT2D eigenvalue weighted by Gasteiger charge is -2.31. The number of ether oxygens (including phenoxy) is 1. The molecule has 0 saturated heterocycles. The van der Waals surface area contributed by atoms with Crippen LogP contribution in [0.25, 0.3) is 0 Å². The number of benzene rings is 2. The second-order valence-electron chi connectivity index (χ2n) is 6.67. The van der Waals surface area contributed by atoms with Crippen molar-refractivity contribution >= 4 is 27.3 Å². The van der Waals surface area contributed by atoms with Crippen LogP contribution in [0.5, 0.6) is 5.75 Å². The molecule has 0 saturated carbocycles. The standard InChI is InChI=1S/C22H23N3O4S/c1-16-11-12-19(29-3)14-21(16)25(30(27,28)20-9-5-4-6-10-20)17(2)22(26)24-18-8-7-13-23-15-18/h4-15,17H,1-3H3,(H,24,26). The predicted molar refractivity (Wildman–Crippen MR) is 116 cm³/mol. The van der Waals surface area contributed by atoms with Gasteiger partial charge in [0.25, 0.3) is 10.0 Å². The molecule has 0 bridgehead atoms. The normalized spacial score (nSPS) is 12.1. The second kappa shape index (κ2) is 8.96. The number of hydrogen-bond donors (Lipinski definition) is 1. The van der Waals surface area contributed by atoms with Crippen LogP contribution < -0.4 is 14.4 Å². The third-order valence-corrected chi connectivity index (χ3v) is 6.51. The van der Waals surface area contributed by atoms with Crippen LogP contribution in [0.3, 0.4) is 0 Å². The molecular formula is C22H23N3O4S. The van der Waals surface area contributed by atoms with Crippen molar-refractivity contribution in [3.05, 3.63) is 78.6 Å². The monoisotopic (exact) mass is 425 g/mol. The molecule has 1 unspecified atom stereocenters. The van der Waals surface area contributed by atoms with Crippen molar-refractivity contribution in [1.29, 1.82) is 0 Å². The number of carbonyl (C=O) groups is 1. The fourth-order valence-electron chi connectivity index (χ4n) is 3.00. The van der Waals surface area contributed by atoms with Gasteiger partial charge in [-0.15, -0.1) is 0 Å². The SMILES string of the molecule is COc1ccc(C)c(N(C(C)C(=O)Nc2cccnc2)S(=O)(=O)c2ccccc2)c1. The third kappa shape index (κ3) is 4.44. The van der Waals surface area contributed by atoms with Gasteiger partial charge >= 0.3 is 0 Å². The van der Waals surface area contributed by atoms with Crippen molar-refractivity contribution < 1.29 is 17.9 Å². The van der Waals surface area contributed by atoms with Crippen molar-refractivity contribution in [2.24, 2.45) is 0 Å². The molecule has 7 nitrogen and oxygen atoms in total. The first-order valence-corrected chi connectivity index (χ1v) is 10.7. The predicted octanol–water partition coefficient (Wildman–Crippen LogP) is 3.62. The molecule has 30 heavy (non-hydrogen) atoms. The molecule has 0 fully saturated rings. The van der Waals surface area contributed by atoms with Crippen LogP contribution in [0.2, 0.25) is 0 Å². The number of anilines is 2. The number of nitrogens with one attached hydrogen (secondary N) is 1. The van der Waals surface area contributed by atoms with Crippen LogP contribution >= 0.6 is 0 Å². The maximum Gasteiger partial charge on any atom is 0.265 e. The Bertz CT molecular complexity index is 1120. The van der Waals surface area contributed by atoms with Crippen LogP contribution in [0.1, 0.15) is 12.5 Å². The summed E-state index contributed by atoms with van der Waals surface area (Å²) >= 11 is 0. The summed E-state index contributed by atoms with van der Waals surface area (Å²) < 4.78 is 33.6. The number of nitrogens with zero attached hydrogens (tertiary/aromatic N) is 2. The van der Waals surface area contributed by atoms with Crippen LogP contribution in [-0.2, 0) is 14.8 Å². The Morgan fingerprint density at radius 1 is 1.10 bits per heavy atom. The molecule has 1 N–H and O–H groups in total. The highest BCUT2D eigenvalue weighted by Gasteiger charge is 2.34. The lowest BCUT2D eigenvalue weighted by molar-refractivity contribution is -0.116. The van der Waals surface area contributed by atoms with Crippen LogP contribution in [0, 0.1) is 6.92 Å². The average molecular weight is 426 g/mol. The minimum Gasteiger partial charge on any atom is -0.497 e. The zero-order valence-electron chi connectivity index (χ0n) is 16.9. The van der Waals surface area contributed by atoms with E-state index in [0.717, 1.165) is 4.31 Å². The Morgan fingerprint density at radius 3 is 2.47 bits per heavy atom. The number of sulfonamides is 1. The molecule has 0 aliphatic carbocycles. The van der Waals surface area contributed by atoms with E-state index in [1.165, 1.54) is 25.4 Å². The Morgan fingerprint density at radius 2 is 1.83 bits per heavy atom. The number of amides is 1. The van der Waals surface area contributed by atoms with E-state index in [4.69, 9.17) is 4.74 Å². The van der Waals surface area contributed by atoms with E-state index in [1.807, 2.05) is 0 Å². The maximum absolute atomic E-state index is 13.6. The van der Waals surface area contributed by atoms with E-state index >= 15 is 0 Å². The molecule has 8 heteroatoms. The van der Waals surface area contributed by atoms with E-state index in [1.54, 1.807) is 68.6 Å². The molecule has 0 aliphatic heterocycles. The first-order valence-electron chi connectivity index (χ1n) is 9.29. The number of pyridine rings is 1. The minimum absolute atomic E-state index is 0.0910. The Kier molecular flexibility index (Phi) is 6.37. The summed E-state index contributed by atoms with van der Waals surface area (Å²) in [5, 5.41) is 2.72. The molecule has 1 amide bonds. The molecule has 1 atom stereocenters.